The lowest BCUT2D eigenvalue weighted by atomic mass is 10.0. The fourth-order valence-corrected chi connectivity index (χ4v) is 1.92. The zero-order valence-corrected chi connectivity index (χ0v) is 11.6. The van der Waals surface area contributed by atoms with Gasteiger partial charge in [0.2, 0.25) is 0 Å². The van der Waals surface area contributed by atoms with Gasteiger partial charge in [-0.1, -0.05) is 6.92 Å². The van der Waals surface area contributed by atoms with Gasteiger partial charge >= 0.3 is 0 Å². The molecule has 0 saturated carbocycles. The molecule has 2 nitrogen and oxygen atoms in total. The lowest BCUT2D eigenvalue weighted by Gasteiger charge is -2.19. The summed E-state index contributed by atoms with van der Waals surface area (Å²) < 4.78 is 56.1. The molecular weight excluding hydrogens is 274 g/mol. The van der Waals surface area contributed by atoms with E-state index in [2.05, 4.69) is 5.32 Å². The predicted octanol–water partition coefficient (Wildman–Crippen LogP) is 3.60. The fourth-order valence-electron chi connectivity index (χ4n) is 1.92. The summed E-state index contributed by atoms with van der Waals surface area (Å²) in [7, 11) is 0. The van der Waals surface area contributed by atoms with E-state index < -0.39 is 30.7 Å². The second-order valence-corrected chi connectivity index (χ2v) is 4.49. The van der Waals surface area contributed by atoms with Crippen molar-refractivity contribution in [1.82, 2.24) is 5.32 Å². The van der Waals surface area contributed by atoms with Crippen molar-refractivity contribution < 1.29 is 22.3 Å². The summed E-state index contributed by atoms with van der Waals surface area (Å²) in [4.78, 5) is 0. The van der Waals surface area contributed by atoms with E-state index >= 15 is 0 Å². The van der Waals surface area contributed by atoms with Crippen LogP contribution >= 0.6 is 0 Å². The molecule has 1 aromatic rings. The lowest BCUT2D eigenvalue weighted by molar-refractivity contribution is 0.0143. The minimum absolute atomic E-state index is 0.0525. The molecule has 6 heteroatoms. The lowest BCUT2D eigenvalue weighted by Crippen LogP contribution is -2.24. The number of hydrogen-bond acceptors (Lipinski definition) is 2. The average Bonchev–Trinajstić information content (AvgIpc) is 2.37. The average molecular weight is 293 g/mol. The maximum atomic E-state index is 13.9. The molecule has 0 aliphatic carbocycles. The minimum Gasteiger partial charge on any atom is -0.375 e. The molecular formula is C14H19F4NO. The molecule has 0 aliphatic rings. The third-order valence-corrected chi connectivity index (χ3v) is 2.90. The molecule has 1 aromatic carbocycles. The van der Waals surface area contributed by atoms with Gasteiger partial charge in [0.15, 0.2) is 0 Å². The Labute approximate surface area is 116 Å². The van der Waals surface area contributed by atoms with E-state index in [4.69, 9.17) is 4.74 Å². The van der Waals surface area contributed by atoms with Gasteiger partial charge in [-0.25, -0.2) is 17.6 Å². The monoisotopic (exact) mass is 293 g/mol. The van der Waals surface area contributed by atoms with Crippen LogP contribution in [0, 0.1) is 18.6 Å². The molecule has 0 amide bonds. The Bertz CT molecular complexity index is 426. The Morgan fingerprint density at radius 1 is 1.20 bits per heavy atom. The maximum absolute atomic E-state index is 13.9. The van der Waals surface area contributed by atoms with Crippen LogP contribution in [0.2, 0.25) is 0 Å². The molecule has 1 atom stereocenters. The molecule has 114 valence electrons. The zero-order valence-electron chi connectivity index (χ0n) is 11.6. The highest BCUT2D eigenvalue weighted by Gasteiger charge is 2.17. The van der Waals surface area contributed by atoms with Gasteiger partial charge in [-0.15, -0.1) is 0 Å². The Morgan fingerprint density at radius 3 is 2.50 bits per heavy atom. The highest BCUT2D eigenvalue weighted by molar-refractivity contribution is 5.27. The number of benzene rings is 1. The van der Waals surface area contributed by atoms with Crippen LogP contribution in [0.25, 0.3) is 0 Å². The first-order valence-corrected chi connectivity index (χ1v) is 6.50. The number of halogens is 4. The molecule has 0 spiro atoms. The minimum atomic E-state index is -2.53. The first kappa shape index (κ1) is 16.9. The van der Waals surface area contributed by atoms with E-state index in [1.54, 1.807) is 0 Å². The Kier molecular flexibility index (Phi) is 6.95. The Balaban J connectivity index is 2.72. The molecule has 1 N–H and O–H groups in total. The fraction of sp³-hybridized carbons (Fsp3) is 0.571. The van der Waals surface area contributed by atoms with E-state index in [1.165, 1.54) is 6.92 Å². The highest BCUT2D eigenvalue weighted by atomic mass is 19.3. The van der Waals surface area contributed by atoms with Crippen molar-refractivity contribution in [2.45, 2.75) is 32.7 Å². The number of aryl methyl sites for hydroxylation is 1. The number of nitrogens with one attached hydrogen (secondary N) is 1. The highest BCUT2D eigenvalue weighted by Crippen LogP contribution is 2.23. The summed E-state index contributed by atoms with van der Waals surface area (Å²) >= 11 is 0. The number of hydrogen-bond donors (Lipinski definition) is 1. The molecule has 1 rings (SSSR count). The molecule has 0 fully saturated rings. The zero-order chi connectivity index (χ0) is 15.1. The third-order valence-electron chi connectivity index (χ3n) is 2.90. The second-order valence-electron chi connectivity index (χ2n) is 4.49. The number of rotatable bonds is 8. The van der Waals surface area contributed by atoms with Gasteiger partial charge in [-0.3, -0.25) is 0 Å². The molecule has 0 bridgehead atoms. The summed E-state index contributed by atoms with van der Waals surface area (Å²) in [6.45, 7) is 3.26. The van der Waals surface area contributed by atoms with Crippen LogP contribution < -0.4 is 5.32 Å². The molecule has 0 aliphatic heterocycles. The first-order valence-electron chi connectivity index (χ1n) is 6.50. The number of ether oxygens (including phenoxy) is 1. The molecule has 1 unspecified atom stereocenters. The molecule has 0 heterocycles. The molecule has 0 saturated heterocycles. The molecule has 0 aromatic heterocycles. The van der Waals surface area contributed by atoms with Gasteiger partial charge < -0.3 is 10.1 Å². The van der Waals surface area contributed by atoms with E-state index in [-0.39, 0.29) is 17.7 Å². The van der Waals surface area contributed by atoms with E-state index in [1.807, 2.05) is 6.92 Å². The maximum Gasteiger partial charge on any atom is 0.261 e. The third kappa shape index (κ3) is 5.09. The van der Waals surface area contributed by atoms with Crippen molar-refractivity contribution in [1.29, 1.82) is 0 Å². The standard InChI is InChI=1S/C14H19F4NO/c1-3-19-13(4-5-20-8-14(17)18)10-7-11(15)9(2)6-12(10)16/h6-7,13-14,19H,3-5,8H2,1-2H3. The van der Waals surface area contributed by atoms with Crippen molar-refractivity contribution in [2.75, 3.05) is 19.8 Å². The molecule has 20 heavy (non-hydrogen) atoms. The van der Waals surface area contributed by atoms with Crippen LogP contribution in [0.4, 0.5) is 17.6 Å². The van der Waals surface area contributed by atoms with Gasteiger partial charge in [0.25, 0.3) is 6.43 Å². The summed E-state index contributed by atoms with van der Waals surface area (Å²) in [6.07, 6.45) is -2.24. The van der Waals surface area contributed by atoms with Crippen LogP contribution in [0.5, 0.6) is 0 Å². The van der Waals surface area contributed by atoms with Crippen LogP contribution in [0.3, 0.4) is 0 Å². The smallest absolute Gasteiger partial charge is 0.261 e. The largest absolute Gasteiger partial charge is 0.375 e. The quantitative estimate of drug-likeness (QED) is 0.584. The van der Waals surface area contributed by atoms with Crippen molar-refractivity contribution in [2.24, 2.45) is 0 Å². The number of alkyl halides is 2. The van der Waals surface area contributed by atoms with Gasteiger partial charge in [0.1, 0.15) is 18.2 Å². The Morgan fingerprint density at radius 2 is 1.90 bits per heavy atom. The van der Waals surface area contributed by atoms with E-state index in [9.17, 15) is 17.6 Å². The van der Waals surface area contributed by atoms with E-state index in [0.717, 1.165) is 12.1 Å². The van der Waals surface area contributed by atoms with Gasteiger partial charge in [0.05, 0.1) is 0 Å². The van der Waals surface area contributed by atoms with Crippen LogP contribution in [-0.2, 0) is 4.74 Å². The normalized spacial score (nSPS) is 12.9. The van der Waals surface area contributed by atoms with Crippen molar-refractivity contribution >= 4 is 0 Å². The van der Waals surface area contributed by atoms with E-state index in [0.29, 0.717) is 13.0 Å². The topological polar surface area (TPSA) is 21.3 Å². The van der Waals surface area contributed by atoms with Crippen LogP contribution in [0.1, 0.15) is 30.5 Å². The first-order chi connectivity index (χ1) is 9.45. The summed E-state index contributed by atoms with van der Waals surface area (Å²) in [5.74, 6) is -0.999. The van der Waals surface area contributed by atoms with Gasteiger partial charge in [-0.2, -0.15) is 0 Å². The SMILES string of the molecule is CCNC(CCOCC(F)F)c1cc(F)c(C)cc1F. The van der Waals surface area contributed by atoms with Crippen LogP contribution in [0.15, 0.2) is 12.1 Å². The summed E-state index contributed by atoms with van der Waals surface area (Å²) in [5.41, 5.74) is 0.422. The summed E-state index contributed by atoms with van der Waals surface area (Å²) in [5, 5.41) is 3.00. The predicted molar refractivity (Wildman–Crippen MR) is 69.0 cm³/mol. The van der Waals surface area contributed by atoms with Crippen molar-refractivity contribution in [3.63, 3.8) is 0 Å². The van der Waals surface area contributed by atoms with Crippen LogP contribution in [-0.4, -0.2) is 26.2 Å². The van der Waals surface area contributed by atoms with Crippen molar-refractivity contribution in [3.8, 4) is 0 Å². The second kappa shape index (κ2) is 8.21. The Hall–Kier alpha value is -1.14. The van der Waals surface area contributed by atoms with Crippen molar-refractivity contribution in [3.05, 3.63) is 34.9 Å². The van der Waals surface area contributed by atoms with Gasteiger partial charge in [0, 0.05) is 18.2 Å². The summed E-state index contributed by atoms with van der Waals surface area (Å²) in [6, 6.07) is 1.81. The molecule has 0 radical (unpaired) electrons. The van der Waals surface area contributed by atoms with Gasteiger partial charge in [-0.05, 0) is 37.6 Å².